The molecule has 0 unspecified atom stereocenters. The summed E-state index contributed by atoms with van der Waals surface area (Å²) in [4.78, 5) is 34.8. The second-order valence-corrected chi connectivity index (χ2v) is 4.58. The van der Waals surface area contributed by atoms with E-state index in [4.69, 9.17) is 11.5 Å². The second kappa shape index (κ2) is 7.26. The molecule has 0 aromatic heterocycles. The van der Waals surface area contributed by atoms with Crippen molar-refractivity contribution in [2.75, 3.05) is 26.7 Å². The molecular formula is C12H19N3O4. The number of hydrogen-bond acceptors (Lipinski definition) is 3. The van der Waals surface area contributed by atoms with Gasteiger partial charge in [0.25, 0.3) is 0 Å². The molecule has 0 heterocycles. The summed E-state index contributed by atoms with van der Waals surface area (Å²) in [7, 11) is 1.50. The number of amides is 3. The van der Waals surface area contributed by atoms with Crippen LogP contribution >= 0.6 is 0 Å². The predicted molar refractivity (Wildman–Crippen MR) is 69.3 cm³/mol. The minimum absolute atomic E-state index is 0.0756. The number of terminal acetylenes is 1. The van der Waals surface area contributed by atoms with E-state index in [1.165, 1.54) is 7.05 Å². The van der Waals surface area contributed by atoms with Crippen molar-refractivity contribution < 1.29 is 19.5 Å². The molecule has 3 amide bonds. The molecule has 0 bridgehead atoms. The molecular weight excluding hydrogens is 250 g/mol. The van der Waals surface area contributed by atoms with Crippen molar-refractivity contribution in [3.63, 3.8) is 0 Å². The average Bonchev–Trinajstić information content (AvgIpc) is 2.33. The van der Waals surface area contributed by atoms with Gasteiger partial charge in [0.05, 0.1) is 12.0 Å². The second-order valence-electron chi connectivity index (χ2n) is 4.58. The summed E-state index contributed by atoms with van der Waals surface area (Å²) in [5, 5.41) is 13.6. The SMILES string of the molecule is C#CCN(CC(=O)O)C(=O)NCC(C)(C)C(=O)NC. The van der Waals surface area contributed by atoms with E-state index < -0.39 is 24.0 Å². The van der Waals surface area contributed by atoms with Gasteiger partial charge in [-0.3, -0.25) is 9.59 Å². The molecule has 0 fully saturated rings. The van der Waals surface area contributed by atoms with Crippen LogP contribution in [0.25, 0.3) is 0 Å². The normalized spacial score (nSPS) is 10.2. The van der Waals surface area contributed by atoms with Crippen molar-refractivity contribution in [3.8, 4) is 12.3 Å². The van der Waals surface area contributed by atoms with Crippen LogP contribution in [0.1, 0.15) is 13.8 Å². The summed E-state index contributed by atoms with van der Waals surface area (Å²) in [6, 6.07) is -0.614. The molecule has 0 aromatic rings. The van der Waals surface area contributed by atoms with Crippen LogP contribution in [0, 0.1) is 17.8 Å². The first-order chi connectivity index (χ1) is 8.74. The van der Waals surface area contributed by atoms with Crippen LogP contribution in [0.5, 0.6) is 0 Å². The summed E-state index contributed by atoms with van der Waals surface area (Å²) in [5.74, 6) is 0.824. The van der Waals surface area contributed by atoms with Crippen LogP contribution in [0.4, 0.5) is 4.79 Å². The highest BCUT2D eigenvalue weighted by Crippen LogP contribution is 2.13. The van der Waals surface area contributed by atoms with Gasteiger partial charge in [-0.25, -0.2) is 4.79 Å². The monoisotopic (exact) mass is 269 g/mol. The lowest BCUT2D eigenvalue weighted by Crippen LogP contribution is -2.49. The van der Waals surface area contributed by atoms with Crippen LogP contribution in [-0.2, 0) is 9.59 Å². The van der Waals surface area contributed by atoms with E-state index in [-0.39, 0.29) is 19.0 Å². The van der Waals surface area contributed by atoms with Crippen molar-refractivity contribution in [2.45, 2.75) is 13.8 Å². The Balaban J connectivity index is 4.53. The maximum atomic E-state index is 11.8. The van der Waals surface area contributed by atoms with Crippen LogP contribution in [-0.4, -0.2) is 54.6 Å². The smallest absolute Gasteiger partial charge is 0.323 e. The summed E-state index contributed by atoms with van der Waals surface area (Å²) < 4.78 is 0. The third-order valence-electron chi connectivity index (χ3n) is 2.42. The van der Waals surface area contributed by atoms with Gasteiger partial charge in [0.15, 0.2) is 0 Å². The van der Waals surface area contributed by atoms with Gasteiger partial charge in [0, 0.05) is 13.6 Å². The van der Waals surface area contributed by atoms with Gasteiger partial charge in [-0.1, -0.05) is 5.92 Å². The molecule has 0 saturated carbocycles. The number of carbonyl (C=O) groups is 3. The van der Waals surface area contributed by atoms with Gasteiger partial charge in [-0.05, 0) is 13.8 Å². The van der Waals surface area contributed by atoms with Crippen molar-refractivity contribution in [3.05, 3.63) is 0 Å². The Hall–Kier alpha value is -2.23. The van der Waals surface area contributed by atoms with E-state index in [1.807, 2.05) is 0 Å². The van der Waals surface area contributed by atoms with E-state index in [0.29, 0.717) is 0 Å². The lowest BCUT2D eigenvalue weighted by atomic mass is 9.92. The Morgan fingerprint density at radius 2 is 1.95 bits per heavy atom. The molecule has 0 radical (unpaired) electrons. The average molecular weight is 269 g/mol. The zero-order chi connectivity index (χ0) is 15.1. The molecule has 7 nitrogen and oxygen atoms in total. The Labute approximate surface area is 112 Å². The van der Waals surface area contributed by atoms with Crippen molar-refractivity contribution >= 4 is 17.9 Å². The number of carboxylic acid groups (broad SMARTS) is 1. The number of aliphatic carboxylic acids is 1. The predicted octanol–water partition coefficient (Wildman–Crippen LogP) is -0.512. The third kappa shape index (κ3) is 5.77. The fourth-order valence-electron chi connectivity index (χ4n) is 1.30. The van der Waals surface area contributed by atoms with Gasteiger partial charge in [0.1, 0.15) is 6.54 Å². The number of nitrogens with zero attached hydrogens (tertiary/aromatic N) is 1. The van der Waals surface area contributed by atoms with E-state index in [1.54, 1.807) is 13.8 Å². The highest BCUT2D eigenvalue weighted by atomic mass is 16.4. The molecule has 0 aliphatic rings. The minimum atomic E-state index is -1.16. The molecule has 0 rings (SSSR count). The van der Waals surface area contributed by atoms with Crippen LogP contribution < -0.4 is 10.6 Å². The first-order valence-corrected chi connectivity index (χ1v) is 5.64. The van der Waals surface area contributed by atoms with Crippen molar-refractivity contribution in [2.24, 2.45) is 5.41 Å². The molecule has 0 aliphatic carbocycles. The molecule has 0 aromatic carbocycles. The van der Waals surface area contributed by atoms with Crippen LogP contribution in [0.2, 0.25) is 0 Å². The van der Waals surface area contributed by atoms with Crippen LogP contribution in [0.15, 0.2) is 0 Å². The third-order valence-corrected chi connectivity index (χ3v) is 2.42. The number of urea groups is 1. The molecule has 0 saturated heterocycles. The summed E-state index contributed by atoms with van der Waals surface area (Å²) in [5.41, 5.74) is -0.796. The standard InChI is InChI=1S/C12H19N3O4/c1-5-6-15(7-9(16)17)11(19)14-8-12(2,3)10(18)13-4/h1H,6-8H2,2-4H3,(H,13,18)(H,14,19)(H,16,17). The van der Waals surface area contributed by atoms with E-state index in [2.05, 4.69) is 16.6 Å². The fourth-order valence-corrected chi connectivity index (χ4v) is 1.30. The van der Waals surface area contributed by atoms with Gasteiger partial charge in [0.2, 0.25) is 5.91 Å². The first-order valence-electron chi connectivity index (χ1n) is 5.64. The van der Waals surface area contributed by atoms with Crippen molar-refractivity contribution in [1.29, 1.82) is 0 Å². The maximum Gasteiger partial charge on any atom is 0.323 e. The lowest BCUT2D eigenvalue weighted by Gasteiger charge is -2.25. The van der Waals surface area contributed by atoms with Gasteiger partial charge >= 0.3 is 12.0 Å². The molecule has 0 spiro atoms. The highest BCUT2D eigenvalue weighted by Gasteiger charge is 2.28. The van der Waals surface area contributed by atoms with Crippen LogP contribution in [0.3, 0.4) is 0 Å². The van der Waals surface area contributed by atoms with E-state index in [0.717, 1.165) is 4.90 Å². The minimum Gasteiger partial charge on any atom is -0.480 e. The van der Waals surface area contributed by atoms with Gasteiger partial charge < -0.3 is 20.6 Å². The quantitative estimate of drug-likeness (QED) is 0.565. The number of nitrogens with one attached hydrogen (secondary N) is 2. The number of rotatable bonds is 6. The molecule has 3 N–H and O–H groups in total. The first kappa shape index (κ1) is 16.8. The Kier molecular flexibility index (Phi) is 6.41. The topological polar surface area (TPSA) is 98.7 Å². The Bertz CT molecular complexity index is 398. The fraction of sp³-hybridized carbons (Fsp3) is 0.583. The molecule has 0 atom stereocenters. The maximum absolute atomic E-state index is 11.8. The van der Waals surface area contributed by atoms with E-state index in [9.17, 15) is 14.4 Å². The van der Waals surface area contributed by atoms with E-state index >= 15 is 0 Å². The zero-order valence-electron chi connectivity index (χ0n) is 11.3. The zero-order valence-corrected chi connectivity index (χ0v) is 11.3. The van der Waals surface area contributed by atoms with Gasteiger partial charge in [-0.15, -0.1) is 6.42 Å². The Morgan fingerprint density at radius 1 is 1.37 bits per heavy atom. The number of hydrogen-bond donors (Lipinski definition) is 3. The lowest BCUT2D eigenvalue weighted by molar-refractivity contribution is -0.137. The van der Waals surface area contributed by atoms with Gasteiger partial charge in [-0.2, -0.15) is 0 Å². The number of carboxylic acids is 1. The summed E-state index contributed by atoms with van der Waals surface area (Å²) >= 11 is 0. The molecule has 0 aliphatic heterocycles. The molecule has 106 valence electrons. The molecule has 7 heteroatoms. The molecule has 19 heavy (non-hydrogen) atoms. The summed E-state index contributed by atoms with van der Waals surface area (Å²) in [6.07, 6.45) is 5.07. The summed E-state index contributed by atoms with van der Waals surface area (Å²) in [6.45, 7) is 2.80. The highest BCUT2D eigenvalue weighted by molar-refractivity contribution is 5.84. The van der Waals surface area contributed by atoms with Crippen molar-refractivity contribution in [1.82, 2.24) is 15.5 Å². The Morgan fingerprint density at radius 3 is 2.37 bits per heavy atom. The largest absolute Gasteiger partial charge is 0.480 e. The number of carbonyl (C=O) groups excluding carboxylic acids is 2.